The van der Waals surface area contributed by atoms with E-state index in [2.05, 4.69) is 21.2 Å². The molecule has 0 saturated heterocycles. The largest absolute Gasteiger partial charge is 0.493 e. The average Bonchev–Trinajstić information content (AvgIpc) is 2.79. The minimum absolute atomic E-state index is 0.0246. The number of halogens is 1. The maximum atomic E-state index is 12.6. The lowest BCUT2D eigenvalue weighted by molar-refractivity contribution is -0.112. The van der Waals surface area contributed by atoms with Crippen molar-refractivity contribution >= 4 is 33.6 Å². The fourth-order valence-electron chi connectivity index (χ4n) is 2.80. The lowest BCUT2D eigenvalue weighted by Gasteiger charge is -2.10. The zero-order valence-corrected chi connectivity index (χ0v) is 18.6. The van der Waals surface area contributed by atoms with Gasteiger partial charge in [0.15, 0.2) is 0 Å². The zero-order chi connectivity index (χ0) is 22.1. The van der Waals surface area contributed by atoms with Gasteiger partial charge in [0.05, 0.1) is 6.61 Å². The summed E-state index contributed by atoms with van der Waals surface area (Å²) in [5.41, 5.74) is 2.26. The van der Waals surface area contributed by atoms with Gasteiger partial charge in [-0.1, -0.05) is 46.3 Å². The number of nitriles is 1. The van der Waals surface area contributed by atoms with E-state index in [1.165, 1.54) is 6.08 Å². The number of hydrogen-bond donors (Lipinski definition) is 1. The first-order valence-corrected chi connectivity index (χ1v) is 10.5. The number of amides is 1. The van der Waals surface area contributed by atoms with Crippen LogP contribution < -0.4 is 14.8 Å². The Morgan fingerprint density at radius 2 is 1.81 bits per heavy atom. The Kier molecular flexibility index (Phi) is 7.85. The number of benzene rings is 3. The molecule has 3 aromatic rings. The predicted molar refractivity (Wildman–Crippen MR) is 125 cm³/mol. The van der Waals surface area contributed by atoms with E-state index in [9.17, 15) is 10.1 Å². The Morgan fingerprint density at radius 3 is 2.48 bits per heavy atom. The Hall–Kier alpha value is -3.56. The van der Waals surface area contributed by atoms with E-state index in [4.69, 9.17) is 9.47 Å². The molecule has 3 rings (SSSR count). The molecule has 0 atom stereocenters. The highest BCUT2D eigenvalue weighted by Crippen LogP contribution is 2.26. The molecule has 0 radical (unpaired) electrons. The molecule has 5 nitrogen and oxygen atoms in total. The van der Waals surface area contributed by atoms with E-state index < -0.39 is 5.91 Å². The van der Waals surface area contributed by atoms with Crippen LogP contribution in [0.1, 0.15) is 18.1 Å². The summed E-state index contributed by atoms with van der Waals surface area (Å²) in [5.74, 6) is 0.794. The van der Waals surface area contributed by atoms with Gasteiger partial charge < -0.3 is 14.8 Å². The average molecular weight is 477 g/mol. The van der Waals surface area contributed by atoms with Crippen LogP contribution in [0.25, 0.3) is 6.08 Å². The van der Waals surface area contributed by atoms with Gasteiger partial charge in [0.2, 0.25) is 0 Å². The molecule has 1 N–H and O–H groups in total. The molecule has 0 aromatic heterocycles. The predicted octanol–water partition coefficient (Wildman–Crippen LogP) is 5.97. The van der Waals surface area contributed by atoms with Crippen molar-refractivity contribution in [1.29, 1.82) is 5.26 Å². The SMILES string of the molecule is CCOc1ccc(Br)cc1/C=C(\C#N)C(=O)Nc1ccc(OCc2ccccc2)cc1. The normalized spacial score (nSPS) is 10.8. The molecule has 0 fully saturated rings. The number of hydrogen-bond acceptors (Lipinski definition) is 4. The van der Waals surface area contributed by atoms with Crippen molar-refractivity contribution < 1.29 is 14.3 Å². The first kappa shape index (κ1) is 22.1. The molecule has 0 aliphatic heterocycles. The number of carbonyl (C=O) groups excluding carboxylic acids is 1. The van der Waals surface area contributed by atoms with Crippen molar-refractivity contribution in [2.75, 3.05) is 11.9 Å². The van der Waals surface area contributed by atoms with Crippen LogP contribution in [0.4, 0.5) is 5.69 Å². The van der Waals surface area contributed by atoms with Crippen molar-refractivity contribution in [1.82, 2.24) is 0 Å². The van der Waals surface area contributed by atoms with Gasteiger partial charge in [-0.05, 0) is 61.0 Å². The van der Waals surface area contributed by atoms with Gasteiger partial charge in [0.1, 0.15) is 29.7 Å². The van der Waals surface area contributed by atoms with Gasteiger partial charge in [-0.3, -0.25) is 4.79 Å². The Morgan fingerprint density at radius 1 is 1.06 bits per heavy atom. The van der Waals surface area contributed by atoms with Gasteiger partial charge in [-0.2, -0.15) is 5.26 Å². The van der Waals surface area contributed by atoms with E-state index >= 15 is 0 Å². The highest BCUT2D eigenvalue weighted by molar-refractivity contribution is 9.10. The molecule has 0 aliphatic carbocycles. The monoisotopic (exact) mass is 476 g/mol. The zero-order valence-electron chi connectivity index (χ0n) is 17.0. The number of nitrogens with zero attached hydrogens (tertiary/aromatic N) is 1. The highest BCUT2D eigenvalue weighted by atomic mass is 79.9. The molecule has 0 heterocycles. The van der Waals surface area contributed by atoms with Gasteiger partial charge in [0, 0.05) is 15.7 Å². The van der Waals surface area contributed by atoms with Crippen molar-refractivity contribution in [2.24, 2.45) is 0 Å². The summed E-state index contributed by atoms with van der Waals surface area (Å²) >= 11 is 3.40. The van der Waals surface area contributed by atoms with Gasteiger partial charge in [0.25, 0.3) is 5.91 Å². The van der Waals surface area contributed by atoms with Gasteiger partial charge >= 0.3 is 0 Å². The molecule has 156 valence electrons. The molecule has 0 aliphatic rings. The molecule has 6 heteroatoms. The first-order chi connectivity index (χ1) is 15.1. The van der Waals surface area contributed by atoms with Gasteiger partial charge in [-0.25, -0.2) is 0 Å². The van der Waals surface area contributed by atoms with E-state index in [-0.39, 0.29) is 5.57 Å². The summed E-state index contributed by atoms with van der Waals surface area (Å²) in [6, 6.07) is 24.3. The molecule has 0 bridgehead atoms. The van der Waals surface area contributed by atoms with Crippen LogP contribution in [0.15, 0.2) is 82.8 Å². The topological polar surface area (TPSA) is 71.3 Å². The standard InChI is InChI=1S/C25H21BrN2O3/c1-2-30-24-13-8-21(26)15-19(24)14-20(16-27)25(29)28-22-9-11-23(12-10-22)31-17-18-6-4-3-5-7-18/h3-15H,2,17H2,1H3,(H,28,29)/b20-14+. The summed E-state index contributed by atoms with van der Waals surface area (Å²) in [4.78, 5) is 12.6. The fourth-order valence-corrected chi connectivity index (χ4v) is 3.18. The third kappa shape index (κ3) is 6.46. The van der Waals surface area contributed by atoms with Gasteiger partial charge in [-0.15, -0.1) is 0 Å². The first-order valence-electron chi connectivity index (χ1n) is 9.71. The van der Waals surface area contributed by atoms with E-state index in [1.807, 2.05) is 49.4 Å². The Labute approximate surface area is 190 Å². The van der Waals surface area contributed by atoms with Crippen molar-refractivity contribution in [3.63, 3.8) is 0 Å². The maximum absolute atomic E-state index is 12.6. The second-order valence-electron chi connectivity index (χ2n) is 6.54. The minimum atomic E-state index is -0.497. The van der Waals surface area contributed by atoms with Crippen LogP contribution in [0, 0.1) is 11.3 Å². The third-order valence-corrected chi connectivity index (χ3v) is 4.79. The van der Waals surface area contributed by atoms with E-state index in [0.29, 0.717) is 36.0 Å². The minimum Gasteiger partial charge on any atom is -0.493 e. The van der Waals surface area contributed by atoms with E-state index in [1.54, 1.807) is 36.4 Å². The number of rotatable bonds is 8. The van der Waals surface area contributed by atoms with E-state index in [0.717, 1.165) is 10.0 Å². The highest BCUT2D eigenvalue weighted by Gasteiger charge is 2.12. The summed E-state index contributed by atoms with van der Waals surface area (Å²) < 4.78 is 12.2. The lowest BCUT2D eigenvalue weighted by Crippen LogP contribution is -2.13. The van der Waals surface area contributed by atoms with Crippen molar-refractivity contribution in [2.45, 2.75) is 13.5 Å². The van der Waals surface area contributed by atoms with Crippen LogP contribution in [-0.2, 0) is 11.4 Å². The van der Waals surface area contributed by atoms with Crippen LogP contribution in [0.3, 0.4) is 0 Å². The summed E-state index contributed by atoms with van der Waals surface area (Å²) in [5, 5.41) is 12.2. The van der Waals surface area contributed by atoms with Crippen molar-refractivity contribution in [3.05, 3.63) is 94.0 Å². The molecule has 1 amide bonds. The Balaban J connectivity index is 1.68. The summed E-state index contributed by atoms with van der Waals surface area (Å²) in [7, 11) is 0. The third-order valence-electron chi connectivity index (χ3n) is 4.30. The van der Waals surface area contributed by atoms with Crippen LogP contribution in [-0.4, -0.2) is 12.5 Å². The number of anilines is 1. The Bertz CT molecular complexity index is 1100. The molecule has 0 spiro atoms. The molecule has 0 unspecified atom stereocenters. The fraction of sp³-hybridized carbons (Fsp3) is 0.120. The number of nitrogens with one attached hydrogen (secondary N) is 1. The summed E-state index contributed by atoms with van der Waals surface area (Å²) in [6.45, 7) is 2.82. The molecule has 3 aromatic carbocycles. The molecule has 0 saturated carbocycles. The smallest absolute Gasteiger partial charge is 0.266 e. The van der Waals surface area contributed by atoms with Crippen LogP contribution in [0.5, 0.6) is 11.5 Å². The quantitative estimate of drug-likeness (QED) is 0.321. The molecular weight excluding hydrogens is 456 g/mol. The molecular formula is C25H21BrN2O3. The van der Waals surface area contributed by atoms with Crippen LogP contribution >= 0.6 is 15.9 Å². The second-order valence-corrected chi connectivity index (χ2v) is 7.45. The summed E-state index contributed by atoms with van der Waals surface area (Å²) in [6.07, 6.45) is 1.52. The molecule has 31 heavy (non-hydrogen) atoms. The second kappa shape index (κ2) is 11.0. The van der Waals surface area contributed by atoms with Crippen molar-refractivity contribution in [3.8, 4) is 17.6 Å². The number of carbonyl (C=O) groups is 1. The number of ether oxygens (including phenoxy) is 2. The van der Waals surface area contributed by atoms with Crippen LogP contribution in [0.2, 0.25) is 0 Å². The maximum Gasteiger partial charge on any atom is 0.266 e. The lowest BCUT2D eigenvalue weighted by atomic mass is 10.1.